The summed E-state index contributed by atoms with van der Waals surface area (Å²) in [5.74, 6) is -0.809. The molecule has 2 N–H and O–H groups in total. The zero-order valence-corrected chi connectivity index (χ0v) is 13.3. The lowest BCUT2D eigenvalue weighted by atomic mass is 10.2. The molecule has 22 heavy (non-hydrogen) atoms. The van der Waals surface area contributed by atoms with E-state index >= 15 is 0 Å². The Morgan fingerprint density at radius 1 is 0.955 bits per heavy atom. The minimum Gasteiger partial charge on any atom is -0.326 e. The maximum Gasteiger partial charge on any atom is 0.233 e. The number of hydrogen-bond acceptors (Lipinski definition) is 2. The standard InChI is InChI=1S/C16H14Cl2N2O2/c1-10-7-12(18)5-6-14(10)20-16(22)9-15(21)19-13-4-2-3-11(17)8-13/h2-8H,9H2,1H3,(H,19,21)(H,20,22). The number of nitrogens with one attached hydrogen (secondary N) is 2. The van der Waals surface area contributed by atoms with Crippen LogP contribution >= 0.6 is 23.2 Å². The van der Waals surface area contributed by atoms with Gasteiger partial charge in [0.25, 0.3) is 0 Å². The van der Waals surface area contributed by atoms with Crippen LogP contribution in [0.25, 0.3) is 0 Å². The second-order valence-electron chi connectivity index (χ2n) is 4.74. The summed E-state index contributed by atoms with van der Waals surface area (Å²) in [5, 5.41) is 6.40. The van der Waals surface area contributed by atoms with Crippen LogP contribution in [0.3, 0.4) is 0 Å². The van der Waals surface area contributed by atoms with Crippen molar-refractivity contribution >= 4 is 46.4 Å². The fraction of sp³-hybridized carbons (Fsp3) is 0.125. The molecule has 0 aliphatic rings. The molecule has 0 spiro atoms. The predicted octanol–water partition coefficient (Wildman–Crippen LogP) is 4.27. The van der Waals surface area contributed by atoms with Crippen molar-refractivity contribution in [1.29, 1.82) is 0 Å². The summed E-state index contributed by atoms with van der Waals surface area (Å²) in [5.41, 5.74) is 2.01. The molecule has 2 aromatic carbocycles. The average molecular weight is 337 g/mol. The van der Waals surface area contributed by atoms with Crippen LogP contribution in [-0.2, 0) is 9.59 Å². The molecular weight excluding hydrogens is 323 g/mol. The molecule has 0 radical (unpaired) electrons. The molecule has 6 heteroatoms. The molecule has 114 valence electrons. The van der Waals surface area contributed by atoms with Crippen molar-refractivity contribution in [2.45, 2.75) is 13.3 Å². The van der Waals surface area contributed by atoms with Crippen molar-refractivity contribution < 1.29 is 9.59 Å². The van der Waals surface area contributed by atoms with E-state index in [4.69, 9.17) is 23.2 Å². The van der Waals surface area contributed by atoms with Gasteiger partial charge in [0.05, 0.1) is 0 Å². The van der Waals surface area contributed by atoms with E-state index in [9.17, 15) is 9.59 Å². The number of benzene rings is 2. The number of anilines is 2. The molecule has 0 saturated carbocycles. The van der Waals surface area contributed by atoms with E-state index in [0.29, 0.717) is 21.4 Å². The first-order valence-electron chi connectivity index (χ1n) is 6.55. The SMILES string of the molecule is Cc1cc(Cl)ccc1NC(=O)CC(=O)Nc1cccc(Cl)c1. The lowest BCUT2D eigenvalue weighted by molar-refractivity contribution is -0.123. The van der Waals surface area contributed by atoms with Crippen molar-refractivity contribution in [3.63, 3.8) is 0 Å². The molecule has 0 aliphatic heterocycles. The highest BCUT2D eigenvalue weighted by atomic mass is 35.5. The normalized spacial score (nSPS) is 10.1. The van der Waals surface area contributed by atoms with Crippen LogP contribution in [0.2, 0.25) is 10.0 Å². The summed E-state index contributed by atoms with van der Waals surface area (Å²) < 4.78 is 0. The molecule has 0 fully saturated rings. The topological polar surface area (TPSA) is 58.2 Å². The zero-order valence-electron chi connectivity index (χ0n) is 11.8. The highest BCUT2D eigenvalue weighted by Crippen LogP contribution is 2.20. The Labute approximate surface area is 138 Å². The quantitative estimate of drug-likeness (QED) is 0.819. The molecular formula is C16H14Cl2N2O2. The van der Waals surface area contributed by atoms with Crippen LogP contribution in [0.4, 0.5) is 11.4 Å². The van der Waals surface area contributed by atoms with Crippen LogP contribution in [-0.4, -0.2) is 11.8 Å². The summed E-state index contributed by atoms with van der Waals surface area (Å²) >= 11 is 11.7. The fourth-order valence-electron chi connectivity index (χ4n) is 1.88. The van der Waals surface area contributed by atoms with Gasteiger partial charge in [0.1, 0.15) is 6.42 Å². The van der Waals surface area contributed by atoms with E-state index in [1.54, 1.807) is 42.5 Å². The Morgan fingerprint density at radius 3 is 2.32 bits per heavy atom. The van der Waals surface area contributed by atoms with Crippen molar-refractivity contribution in [1.82, 2.24) is 0 Å². The van der Waals surface area contributed by atoms with Crippen molar-refractivity contribution in [3.05, 3.63) is 58.1 Å². The Balaban J connectivity index is 1.92. The van der Waals surface area contributed by atoms with Crippen LogP contribution in [0.1, 0.15) is 12.0 Å². The Hall–Kier alpha value is -2.04. The van der Waals surface area contributed by atoms with Gasteiger partial charge in [-0.2, -0.15) is 0 Å². The predicted molar refractivity (Wildman–Crippen MR) is 89.5 cm³/mol. The molecule has 2 amide bonds. The van der Waals surface area contributed by atoms with E-state index in [1.165, 1.54) is 0 Å². The number of carbonyl (C=O) groups excluding carboxylic acids is 2. The molecule has 0 aliphatic carbocycles. The molecule has 0 atom stereocenters. The summed E-state index contributed by atoms with van der Waals surface area (Å²) in [6.07, 6.45) is -0.283. The summed E-state index contributed by atoms with van der Waals surface area (Å²) in [6, 6.07) is 11.8. The van der Waals surface area contributed by atoms with Gasteiger partial charge in [-0.25, -0.2) is 0 Å². The maximum atomic E-state index is 11.9. The van der Waals surface area contributed by atoms with Gasteiger partial charge in [0.2, 0.25) is 11.8 Å². The first-order chi connectivity index (χ1) is 10.4. The van der Waals surface area contributed by atoms with Gasteiger partial charge in [-0.05, 0) is 48.9 Å². The molecule has 0 unspecified atom stereocenters. The van der Waals surface area contributed by atoms with Crippen molar-refractivity contribution in [2.75, 3.05) is 10.6 Å². The second-order valence-corrected chi connectivity index (χ2v) is 5.62. The van der Waals surface area contributed by atoms with Gasteiger partial charge in [-0.15, -0.1) is 0 Å². The molecule has 0 aromatic heterocycles. The number of hydrogen-bond donors (Lipinski definition) is 2. The number of amides is 2. The third-order valence-corrected chi connectivity index (χ3v) is 3.36. The monoisotopic (exact) mass is 336 g/mol. The minimum atomic E-state index is -0.411. The van der Waals surface area contributed by atoms with Crippen LogP contribution in [0.15, 0.2) is 42.5 Å². The third kappa shape index (κ3) is 4.76. The van der Waals surface area contributed by atoms with Gasteiger partial charge in [-0.3, -0.25) is 9.59 Å². The fourth-order valence-corrected chi connectivity index (χ4v) is 2.30. The highest BCUT2D eigenvalue weighted by molar-refractivity contribution is 6.31. The number of carbonyl (C=O) groups is 2. The minimum absolute atomic E-state index is 0.283. The van der Waals surface area contributed by atoms with E-state index < -0.39 is 11.8 Å². The van der Waals surface area contributed by atoms with Gasteiger partial charge in [-0.1, -0.05) is 29.3 Å². The largest absolute Gasteiger partial charge is 0.326 e. The summed E-state index contributed by atoms with van der Waals surface area (Å²) in [7, 11) is 0. The van der Waals surface area contributed by atoms with Crippen LogP contribution in [0.5, 0.6) is 0 Å². The van der Waals surface area contributed by atoms with Crippen LogP contribution < -0.4 is 10.6 Å². The number of aryl methyl sites for hydroxylation is 1. The zero-order chi connectivity index (χ0) is 16.1. The third-order valence-electron chi connectivity index (χ3n) is 2.89. The Kier molecular flexibility index (Phi) is 5.41. The highest BCUT2D eigenvalue weighted by Gasteiger charge is 2.11. The molecule has 0 heterocycles. The van der Waals surface area contributed by atoms with Gasteiger partial charge in [0.15, 0.2) is 0 Å². The van der Waals surface area contributed by atoms with E-state index in [1.807, 2.05) is 6.92 Å². The van der Waals surface area contributed by atoms with Gasteiger partial charge < -0.3 is 10.6 Å². The Bertz CT molecular complexity index is 717. The van der Waals surface area contributed by atoms with Crippen molar-refractivity contribution in [2.24, 2.45) is 0 Å². The summed E-state index contributed by atoms with van der Waals surface area (Å²) in [4.78, 5) is 23.7. The van der Waals surface area contributed by atoms with E-state index in [-0.39, 0.29) is 6.42 Å². The first kappa shape index (κ1) is 16.3. The van der Waals surface area contributed by atoms with Gasteiger partial charge >= 0.3 is 0 Å². The number of halogens is 2. The average Bonchev–Trinajstić information content (AvgIpc) is 2.41. The van der Waals surface area contributed by atoms with Crippen molar-refractivity contribution in [3.8, 4) is 0 Å². The van der Waals surface area contributed by atoms with E-state index in [2.05, 4.69) is 10.6 Å². The molecule has 0 bridgehead atoms. The second kappa shape index (κ2) is 7.29. The lowest BCUT2D eigenvalue weighted by Crippen LogP contribution is -2.21. The van der Waals surface area contributed by atoms with Gasteiger partial charge in [0, 0.05) is 21.4 Å². The molecule has 2 rings (SSSR count). The van der Waals surface area contributed by atoms with Crippen LogP contribution in [0, 0.1) is 6.92 Å². The Morgan fingerprint density at radius 2 is 1.64 bits per heavy atom. The first-order valence-corrected chi connectivity index (χ1v) is 7.31. The van der Waals surface area contributed by atoms with E-state index in [0.717, 1.165) is 5.56 Å². The maximum absolute atomic E-state index is 11.9. The number of rotatable bonds is 4. The smallest absolute Gasteiger partial charge is 0.233 e. The molecule has 4 nitrogen and oxygen atoms in total. The molecule has 2 aromatic rings. The summed E-state index contributed by atoms with van der Waals surface area (Å²) in [6.45, 7) is 1.83. The molecule has 0 saturated heterocycles. The lowest BCUT2D eigenvalue weighted by Gasteiger charge is -2.09.